The summed E-state index contributed by atoms with van der Waals surface area (Å²) in [7, 11) is 0. The average Bonchev–Trinajstić information content (AvgIpc) is 3.19. The maximum Gasteiger partial charge on any atom is 0.261 e. The summed E-state index contributed by atoms with van der Waals surface area (Å²) in [6.07, 6.45) is 2.68. The van der Waals surface area contributed by atoms with E-state index in [1.165, 1.54) is 11.3 Å². The van der Waals surface area contributed by atoms with E-state index in [0.717, 1.165) is 48.9 Å². The van der Waals surface area contributed by atoms with E-state index < -0.39 is 0 Å². The van der Waals surface area contributed by atoms with Gasteiger partial charge in [-0.05, 0) is 42.5 Å². The molecule has 0 unspecified atom stereocenters. The van der Waals surface area contributed by atoms with Gasteiger partial charge in [-0.2, -0.15) is 0 Å². The molecule has 1 amide bonds. The average molecular weight is 334 g/mol. The molecular weight excluding hydrogens is 312 g/mol. The van der Waals surface area contributed by atoms with Crippen molar-refractivity contribution >= 4 is 17.2 Å². The third kappa shape index (κ3) is 4.43. The number of nitrogens with zero attached hydrogens (tertiary/aromatic N) is 1. The predicted molar refractivity (Wildman–Crippen MR) is 89.7 cm³/mol. The van der Waals surface area contributed by atoms with Gasteiger partial charge in [0.2, 0.25) is 0 Å². The van der Waals surface area contributed by atoms with Crippen LogP contribution in [0.4, 0.5) is 0 Å². The molecule has 2 aromatic heterocycles. The molecule has 124 valence electrons. The molecule has 1 fully saturated rings. The number of morpholine rings is 1. The minimum absolute atomic E-state index is 0.0146. The Morgan fingerprint density at radius 2 is 2.39 bits per heavy atom. The standard InChI is InChI=1S/C17H22N2O3S/c1-13-5-10-23-16(13)17(20)18-6-4-15-12-19(7-9-22-15)11-14-3-2-8-21-14/h2-3,5,8,10,15H,4,6-7,9,11-12H2,1H3,(H,18,20)/t15-/m1/s1. The van der Waals surface area contributed by atoms with E-state index in [1.807, 2.05) is 30.5 Å². The van der Waals surface area contributed by atoms with Gasteiger partial charge in [-0.25, -0.2) is 0 Å². The van der Waals surface area contributed by atoms with Crippen LogP contribution in [0.1, 0.15) is 27.4 Å². The van der Waals surface area contributed by atoms with Gasteiger partial charge in [-0.3, -0.25) is 9.69 Å². The van der Waals surface area contributed by atoms with Crippen molar-refractivity contribution in [3.8, 4) is 0 Å². The lowest BCUT2D eigenvalue weighted by molar-refractivity contribution is -0.0358. The monoisotopic (exact) mass is 334 g/mol. The van der Waals surface area contributed by atoms with Crippen molar-refractivity contribution in [2.75, 3.05) is 26.2 Å². The second-order valence-electron chi connectivity index (χ2n) is 5.78. The maximum atomic E-state index is 12.1. The predicted octanol–water partition coefficient (Wildman–Crippen LogP) is 2.67. The summed E-state index contributed by atoms with van der Waals surface area (Å²) in [5.74, 6) is 0.993. The Labute approximate surface area is 140 Å². The molecule has 5 nitrogen and oxygen atoms in total. The number of carbonyl (C=O) groups excluding carboxylic acids is 1. The van der Waals surface area contributed by atoms with Crippen molar-refractivity contribution in [2.24, 2.45) is 0 Å². The molecule has 0 radical (unpaired) electrons. The van der Waals surface area contributed by atoms with Crippen molar-refractivity contribution in [2.45, 2.75) is 26.0 Å². The van der Waals surface area contributed by atoms with Crippen LogP contribution < -0.4 is 5.32 Å². The second-order valence-corrected chi connectivity index (χ2v) is 6.70. The third-order valence-electron chi connectivity index (χ3n) is 4.00. The fraction of sp³-hybridized carbons (Fsp3) is 0.471. The Balaban J connectivity index is 1.41. The van der Waals surface area contributed by atoms with Gasteiger partial charge in [0.25, 0.3) is 5.91 Å². The summed E-state index contributed by atoms with van der Waals surface area (Å²) in [6.45, 7) is 5.92. The number of hydrogen-bond acceptors (Lipinski definition) is 5. The Morgan fingerprint density at radius 1 is 1.48 bits per heavy atom. The maximum absolute atomic E-state index is 12.1. The first-order valence-electron chi connectivity index (χ1n) is 7.91. The Bertz CT molecular complexity index is 624. The van der Waals surface area contributed by atoms with Gasteiger partial charge in [0.15, 0.2) is 0 Å². The number of furan rings is 1. The third-order valence-corrected chi connectivity index (χ3v) is 5.02. The van der Waals surface area contributed by atoms with Crippen molar-refractivity contribution in [1.29, 1.82) is 0 Å². The molecular formula is C17H22N2O3S. The summed E-state index contributed by atoms with van der Waals surface area (Å²) in [4.78, 5) is 15.2. The van der Waals surface area contributed by atoms with Crippen LogP contribution in [0.15, 0.2) is 34.3 Å². The number of ether oxygens (including phenoxy) is 1. The van der Waals surface area contributed by atoms with Gasteiger partial charge in [0.05, 0.1) is 30.4 Å². The van der Waals surface area contributed by atoms with Crippen molar-refractivity contribution < 1.29 is 13.9 Å². The first kappa shape index (κ1) is 16.2. The van der Waals surface area contributed by atoms with Gasteiger partial charge in [-0.1, -0.05) is 0 Å². The van der Waals surface area contributed by atoms with E-state index in [4.69, 9.17) is 9.15 Å². The van der Waals surface area contributed by atoms with E-state index >= 15 is 0 Å². The molecule has 1 saturated heterocycles. The highest BCUT2D eigenvalue weighted by atomic mass is 32.1. The van der Waals surface area contributed by atoms with Crippen molar-refractivity contribution in [1.82, 2.24) is 10.2 Å². The number of rotatable bonds is 6. The molecule has 3 heterocycles. The lowest BCUT2D eigenvalue weighted by atomic mass is 10.2. The summed E-state index contributed by atoms with van der Waals surface area (Å²) < 4.78 is 11.2. The number of aryl methyl sites for hydroxylation is 1. The largest absolute Gasteiger partial charge is 0.468 e. The molecule has 6 heteroatoms. The highest BCUT2D eigenvalue weighted by Crippen LogP contribution is 2.16. The van der Waals surface area contributed by atoms with E-state index in [2.05, 4.69) is 10.2 Å². The molecule has 0 bridgehead atoms. The fourth-order valence-electron chi connectivity index (χ4n) is 2.75. The van der Waals surface area contributed by atoms with Gasteiger partial charge in [0.1, 0.15) is 5.76 Å². The lowest BCUT2D eigenvalue weighted by Gasteiger charge is -2.32. The SMILES string of the molecule is Cc1ccsc1C(=O)NCC[C@@H]1CN(Cc2ccco2)CCO1. The van der Waals surface area contributed by atoms with Gasteiger partial charge in [0, 0.05) is 19.6 Å². The highest BCUT2D eigenvalue weighted by Gasteiger charge is 2.21. The molecule has 2 aromatic rings. The molecule has 0 saturated carbocycles. The zero-order chi connectivity index (χ0) is 16.1. The molecule has 23 heavy (non-hydrogen) atoms. The van der Waals surface area contributed by atoms with Gasteiger partial charge >= 0.3 is 0 Å². The molecule has 0 aliphatic carbocycles. The van der Waals surface area contributed by atoms with Crippen LogP contribution in [0.3, 0.4) is 0 Å². The molecule has 3 rings (SSSR count). The second kappa shape index (κ2) is 7.77. The first-order chi connectivity index (χ1) is 11.2. The van der Waals surface area contributed by atoms with Crippen LogP contribution in [-0.2, 0) is 11.3 Å². The fourth-order valence-corrected chi connectivity index (χ4v) is 3.60. The van der Waals surface area contributed by atoms with Crippen LogP contribution in [-0.4, -0.2) is 43.2 Å². The van der Waals surface area contributed by atoms with Gasteiger partial charge in [-0.15, -0.1) is 11.3 Å². The number of nitrogens with one attached hydrogen (secondary N) is 1. The van der Waals surface area contributed by atoms with Crippen LogP contribution in [0.2, 0.25) is 0 Å². The zero-order valence-corrected chi connectivity index (χ0v) is 14.1. The van der Waals surface area contributed by atoms with E-state index in [9.17, 15) is 4.79 Å². The molecule has 0 spiro atoms. The summed E-state index contributed by atoms with van der Waals surface area (Å²) in [6, 6.07) is 5.87. The molecule has 1 N–H and O–H groups in total. The quantitative estimate of drug-likeness (QED) is 0.882. The zero-order valence-electron chi connectivity index (χ0n) is 13.3. The van der Waals surface area contributed by atoms with Crippen LogP contribution in [0.5, 0.6) is 0 Å². The van der Waals surface area contributed by atoms with Crippen LogP contribution in [0.25, 0.3) is 0 Å². The number of amides is 1. The molecule has 0 aromatic carbocycles. The number of hydrogen-bond donors (Lipinski definition) is 1. The Hall–Kier alpha value is -1.63. The van der Waals surface area contributed by atoms with Crippen LogP contribution in [0, 0.1) is 6.92 Å². The van der Waals surface area contributed by atoms with E-state index in [0.29, 0.717) is 6.54 Å². The summed E-state index contributed by atoms with van der Waals surface area (Å²) >= 11 is 1.48. The van der Waals surface area contributed by atoms with Crippen LogP contribution >= 0.6 is 11.3 Å². The Kier molecular flexibility index (Phi) is 5.48. The van der Waals surface area contributed by atoms with E-state index in [-0.39, 0.29) is 12.0 Å². The highest BCUT2D eigenvalue weighted by molar-refractivity contribution is 7.12. The molecule has 1 aliphatic rings. The Morgan fingerprint density at radius 3 is 3.13 bits per heavy atom. The number of carbonyl (C=O) groups is 1. The summed E-state index contributed by atoms with van der Waals surface area (Å²) in [5, 5.41) is 4.93. The minimum Gasteiger partial charge on any atom is -0.468 e. The molecule has 1 aliphatic heterocycles. The topological polar surface area (TPSA) is 54.7 Å². The normalized spacial score (nSPS) is 18.9. The lowest BCUT2D eigenvalue weighted by Crippen LogP contribution is -2.43. The van der Waals surface area contributed by atoms with Gasteiger partial charge < -0.3 is 14.5 Å². The van der Waals surface area contributed by atoms with Crippen molar-refractivity contribution in [3.05, 3.63) is 46.0 Å². The van der Waals surface area contributed by atoms with Crippen molar-refractivity contribution in [3.63, 3.8) is 0 Å². The molecule has 1 atom stereocenters. The number of thiophene rings is 1. The first-order valence-corrected chi connectivity index (χ1v) is 8.79. The minimum atomic E-state index is 0.0146. The smallest absolute Gasteiger partial charge is 0.261 e. The summed E-state index contributed by atoms with van der Waals surface area (Å²) in [5.41, 5.74) is 1.03. The van der Waals surface area contributed by atoms with E-state index in [1.54, 1.807) is 6.26 Å².